The fourth-order valence-electron chi connectivity index (χ4n) is 2.27. The van der Waals surface area contributed by atoms with Crippen LogP contribution in [-0.2, 0) is 14.8 Å². The molecule has 0 aromatic carbocycles. The largest absolute Gasteiger partial charge is 0.342 e. The second-order valence-corrected chi connectivity index (χ2v) is 7.29. The van der Waals surface area contributed by atoms with Crippen molar-refractivity contribution in [1.82, 2.24) is 9.62 Å². The molecule has 5 nitrogen and oxygen atoms in total. The summed E-state index contributed by atoms with van der Waals surface area (Å²) in [4.78, 5) is 13.6. The molecule has 106 valence electrons. The van der Waals surface area contributed by atoms with E-state index in [0.29, 0.717) is 13.1 Å². The van der Waals surface area contributed by atoms with E-state index in [1.54, 1.807) is 4.90 Å². The summed E-state index contributed by atoms with van der Waals surface area (Å²) < 4.78 is 24.9. The minimum atomic E-state index is -3.46. The molecule has 0 spiro atoms. The van der Waals surface area contributed by atoms with Crippen LogP contribution < -0.4 is 4.72 Å². The van der Waals surface area contributed by atoms with Gasteiger partial charge in [0.05, 0.1) is 0 Å². The van der Waals surface area contributed by atoms with E-state index in [-0.39, 0.29) is 11.3 Å². The van der Waals surface area contributed by atoms with Gasteiger partial charge in [-0.15, -0.1) is 0 Å². The molecule has 0 aromatic rings. The quantitative estimate of drug-likeness (QED) is 0.832. The Labute approximate surface area is 110 Å². The van der Waals surface area contributed by atoms with Crippen molar-refractivity contribution < 1.29 is 13.2 Å². The molecule has 0 radical (unpaired) electrons. The lowest BCUT2D eigenvalue weighted by molar-refractivity contribution is -0.128. The van der Waals surface area contributed by atoms with Crippen LogP contribution in [0.2, 0.25) is 0 Å². The Morgan fingerprint density at radius 1 is 1.33 bits per heavy atom. The van der Waals surface area contributed by atoms with Crippen molar-refractivity contribution in [2.45, 2.75) is 39.5 Å². The van der Waals surface area contributed by atoms with Crippen LogP contribution in [-0.4, -0.2) is 45.1 Å². The molecule has 18 heavy (non-hydrogen) atoms. The number of carbonyl (C=O) groups excluding carboxylic acids is 1. The van der Waals surface area contributed by atoms with Gasteiger partial charge in [-0.05, 0) is 31.7 Å². The average Bonchev–Trinajstić information content (AvgIpc) is 2.52. The van der Waals surface area contributed by atoms with Crippen molar-refractivity contribution in [3.8, 4) is 0 Å². The molecule has 1 saturated heterocycles. The predicted molar refractivity (Wildman–Crippen MR) is 71.7 cm³/mol. The highest BCUT2D eigenvalue weighted by molar-refractivity contribution is 7.90. The van der Waals surface area contributed by atoms with Crippen LogP contribution in [0.15, 0.2) is 0 Å². The van der Waals surface area contributed by atoms with Crippen molar-refractivity contribution in [3.05, 3.63) is 0 Å². The number of rotatable bonds is 4. The van der Waals surface area contributed by atoms with E-state index in [1.165, 1.54) is 7.05 Å². The van der Waals surface area contributed by atoms with Crippen LogP contribution in [0.25, 0.3) is 0 Å². The predicted octanol–water partition coefficient (Wildman–Crippen LogP) is 0.964. The third-order valence-electron chi connectivity index (χ3n) is 4.02. The number of sulfonamides is 1. The van der Waals surface area contributed by atoms with Crippen LogP contribution in [0.3, 0.4) is 0 Å². The number of nitrogens with one attached hydrogen (secondary N) is 1. The van der Waals surface area contributed by atoms with Crippen molar-refractivity contribution in [2.75, 3.05) is 25.9 Å². The standard InChI is InChI=1S/C12H24N2O3S/c1-4-12(2)6-5-8-14(9-7-12)11(15)10-18(16,17)13-3/h13H,4-10H2,1-3H3/t12-/m0/s1. The molecule has 0 saturated carbocycles. The minimum absolute atomic E-state index is 0.287. The van der Waals surface area contributed by atoms with Crippen molar-refractivity contribution in [2.24, 2.45) is 5.41 Å². The maximum absolute atomic E-state index is 11.9. The van der Waals surface area contributed by atoms with E-state index in [2.05, 4.69) is 18.6 Å². The lowest BCUT2D eigenvalue weighted by atomic mass is 9.80. The van der Waals surface area contributed by atoms with Gasteiger partial charge in [-0.3, -0.25) is 4.79 Å². The first-order chi connectivity index (χ1) is 8.32. The summed E-state index contributed by atoms with van der Waals surface area (Å²) in [6, 6.07) is 0. The van der Waals surface area contributed by atoms with Crippen LogP contribution in [0.1, 0.15) is 39.5 Å². The molecule has 0 aliphatic carbocycles. The Morgan fingerprint density at radius 2 is 2.00 bits per heavy atom. The summed E-state index contributed by atoms with van der Waals surface area (Å²) in [5.74, 6) is -0.725. The highest BCUT2D eigenvalue weighted by atomic mass is 32.2. The Kier molecular flexibility index (Phi) is 5.16. The van der Waals surface area contributed by atoms with Gasteiger partial charge in [-0.1, -0.05) is 20.3 Å². The second kappa shape index (κ2) is 6.02. The molecule has 6 heteroatoms. The maximum atomic E-state index is 11.9. The van der Waals surface area contributed by atoms with Gasteiger partial charge in [0.1, 0.15) is 5.75 Å². The van der Waals surface area contributed by atoms with Gasteiger partial charge in [-0.2, -0.15) is 0 Å². The van der Waals surface area contributed by atoms with Gasteiger partial charge >= 0.3 is 0 Å². The molecule has 1 rings (SSSR count). The van der Waals surface area contributed by atoms with Crippen LogP contribution in [0.5, 0.6) is 0 Å². The summed E-state index contributed by atoms with van der Waals surface area (Å²) in [7, 11) is -2.12. The molecular weight excluding hydrogens is 252 g/mol. The molecule has 1 amide bonds. The zero-order chi connectivity index (χ0) is 13.8. The van der Waals surface area contributed by atoms with E-state index in [9.17, 15) is 13.2 Å². The van der Waals surface area contributed by atoms with Gasteiger partial charge in [0.2, 0.25) is 15.9 Å². The minimum Gasteiger partial charge on any atom is -0.342 e. The topological polar surface area (TPSA) is 66.5 Å². The van der Waals surface area contributed by atoms with Gasteiger partial charge < -0.3 is 4.90 Å². The van der Waals surface area contributed by atoms with Crippen molar-refractivity contribution in [3.63, 3.8) is 0 Å². The summed E-state index contributed by atoms with van der Waals surface area (Å²) in [6.07, 6.45) is 4.11. The molecule has 1 aliphatic rings. The first kappa shape index (κ1) is 15.4. The molecule has 1 atom stereocenters. The lowest BCUT2D eigenvalue weighted by Gasteiger charge is -2.26. The smallest absolute Gasteiger partial charge is 0.239 e. The number of amides is 1. The lowest BCUT2D eigenvalue weighted by Crippen LogP contribution is -2.39. The third kappa shape index (κ3) is 4.24. The number of hydrogen-bond acceptors (Lipinski definition) is 3. The molecule has 1 fully saturated rings. The number of hydrogen-bond donors (Lipinski definition) is 1. The fraction of sp³-hybridized carbons (Fsp3) is 0.917. The third-order valence-corrected chi connectivity index (χ3v) is 5.27. The Morgan fingerprint density at radius 3 is 2.56 bits per heavy atom. The van der Waals surface area contributed by atoms with Gasteiger partial charge in [0.25, 0.3) is 0 Å². The Bertz CT molecular complexity index is 394. The Hall–Kier alpha value is -0.620. The van der Waals surface area contributed by atoms with Crippen LogP contribution >= 0.6 is 0 Å². The van der Waals surface area contributed by atoms with Crippen LogP contribution in [0.4, 0.5) is 0 Å². The zero-order valence-corrected chi connectivity index (χ0v) is 12.3. The summed E-state index contributed by atoms with van der Waals surface area (Å²) >= 11 is 0. The highest BCUT2D eigenvalue weighted by Crippen LogP contribution is 2.33. The molecule has 0 aromatic heterocycles. The van der Waals surface area contributed by atoms with Crippen LogP contribution in [0, 0.1) is 5.41 Å². The van der Waals surface area contributed by atoms with Crippen molar-refractivity contribution >= 4 is 15.9 Å². The summed E-state index contributed by atoms with van der Waals surface area (Å²) in [6.45, 7) is 5.75. The average molecular weight is 276 g/mol. The number of carbonyl (C=O) groups is 1. The van der Waals surface area contributed by atoms with E-state index in [0.717, 1.165) is 25.7 Å². The van der Waals surface area contributed by atoms with Gasteiger partial charge in [-0.25, -0.2) is 13.1 Å². The summed E-state index contributed by atoms with van der Waals surface area (Å²) in [5.41, 5.74) is 0.289. The number of likely N-dealkylation sites (tertiary alicyclic amines) is 1. The number of nitrogens with zero attached hydrogens (tertiary/aromatic N) is 1. The van der Waals surface area contributed by atoms with Crippen molar-refractivity contribution in [1.29, 1.82) is 0 Å². The summed E-state index contributed by atoms with van der Waals surface area (Å²) in [5, 5.41) is 0. The zero-order valence-electron chi connectivity index (χ0n) is 11.5. The fourth-order valence-corrected chi connectivity index (χ4v) is 2.92. The molecule has 0 unspecified atom stereocenters. The molecule has 1 aliphatic heterocycles. The normalized spacial score (nSPS) is 25.8. The van der Waals surface area contributed by atoms with Gasteiger partial charge in [0, 0.05) is 13.1 Å². The van der Waals surface area contributed by atoms with E-state index >= 15 is 0 Å². The molecular formula is C12H24N2O3S. The SMILES string of the molecule is CC[C@@]1(C)CCCN(C(=O)CS(=O)(=O)NC)CC1. The monoisotopic (exact) mass is 276 g/mol. The molecule has 0 bridgehead atoms. The maximum Gasteiger partial charge on any atom is 0.239 e. The van der Waals surface area contributed by atoms with E-state index in [4.69, 9.17) is 0 Å². The first-order valence-corrected chi connectivity index (χ1v) is 8.16. The van der Waals surface area contributed by atoms with Gasteiger partial charge in [0.15, 0.2) is 0 Å². The molecule has 1 heterocycles. The first-order valence-electron chi connectivity index (χ1n) is 6.51. The van der Waals surface area contributed by atoms with E-state index in [1.807, 2.05) is 0 Å². The van der Waals surface area contributed by atoms with E-state index < -0.39 is 15.8 Å². The second-order valence-electron chi connectivity index (χ2n) is 5.36. The molecule has 1 N–H and O–H groups in total. The highest BCUT2D eigenvalue weighted by Gasteiger charge is 2.29. The Balaban J connectivity index is 2.61.